The highest BCUT2D eigenvalue weighted by molar-refractivity contribution is 6.40. The molecule has 0 saturated carbocycles. The first kappa shape index (κ1) is 15.3. The van der Waals surface area contributed by atoms with Crippen molar-refractivity contribution in [2.75, 3.05) is 18.0 Å². The Bertz CT molecular complexity index is 664. The Morgan fingerprint density at radius 2 is 1.43 bits per heavy atom. The van der Waals surface area contributed by atoms with Crippen molar-refractivity contribution in [1.82, 2.24) is 4.90 Å². The van der Waals surface area contributed by atoms with Crippen LogP contribution in [0.25, 0.3) is 0 Å². The molecule has 1 fully saturated rings. The quantitative estimate of drug-likeness (QED) is 0.818. The van der Waals surface area contributed by atoms with Crippen LogP contribution < -0.4 is 4.90 Å². The van der Waals surface area contributed by atoms with Gasteiger partial charge in [0, 0.05) is 18.8 Å². The van der Waals surface area contributed by atoms with Crippen molar-refractivity contribution in [3.8, 4) is 0 Å². The summed E-state index contributed by atoms with van der Waals surface area (Å²) in [5.41, 5.74) is 1.74. The van der Waals surface area contributed by atoms with Gasteiger partial charge in [0.15, 0.2) is 0 Å². The van der Waals surface area contributed by atoms with Crippen molar-refractivity contribution in [3.63, 3.8) is 0 Å². The van der Waals surface area contributed by atoms with E-state index < -0.39 is 11.8 Å². The number of hydrogen-bond acceptors (Lipinski definition) is 2. The zero-order valence-corrected chi connectivity index (χ0v) is 13.0. The third-order valence-electron chi connectivity index (χ3n) is 4.07. The Labute approximate surface area is 136 Å². The molecule has 3 rings (SSSR count). The summed E-state index contributed by atoms with van der Waals surface area (Å²) >= 11 is 0. The SMILES string of the molecule is O=C(C(=O)N(Cc1ccccc1)c1ccccc1)N1CCCC1. The number of nitrogens with zero attached hydrogens (tertiary/aromatic N) is 2. The Balaban J connectivity index is 1.85. The number of carbonyl (C=O) groups is 2. The summed E-state index contributed by atoms with van der Waals surface area (Å²) in [4.78, 5) is 28.5. The minimum atomic E-state index is -0.457. The van der Waals surface area contributed by atoms with Crippen LogP contribution >= 0.6 is 0 Å². The topological polar surface area (TPSA) is 40.6 Å². The van der Waals surface area contributed by atoms with Crippen molar-refractivity contribution in [2.24, 2.45) is 0 Å². The fourth-order valence-corrected chi connectivity index (χ4v) is 2.83. The minimum Gasteiger partial charge on any atom is -0.334 e. The van der Waals surface area contributed by atoms with Crippen LogP contribution in [0, 0.1) is 0 Å². The average molecular weight is 308 g/mol. The molecular weight excluding hydrogens is 288 g/mol. The lowest BCUT2D eigenvalue weighted by Gasteiger charge is -2.25. The van der Waals surface area contributed by atoms with Gasteiger partial charge in [-0.05, 0) is 30.5 Å². The second-order valence-electron chi connectivity index (χ2n) is 5.71. The van der Waals surface area contributed by atoms with E-state index in [1.165, 1.54) is 0 Å². The number of rotatable bonds is 3. The van der Waals surface area contributed by atoms with Gasteiger partial charge in [-0.15, -0.1) is 0 Å². The number of likely N-dealkylation sites (tertiary alicyclic amines) is 1. The van der Waals surface area contributed by atoms with Gasteiger partial charge in [0.2, 0.25) is 0 Å². The third-order valence-corrected chi connectivity index (χ3v) is 4.07. The monoisotopic (exact) mass is 308 g/mol. The lowest BCUT2D eigenvalue weighted by atomic mass is 10.2. The summed E-state index contributed by atoms with van der Waals surface area (Å²) in [6.07, 6.45) is 1.95. The van der Waals surface area contributed by atoms with Gasteiger partial charge in [-0.2, -0.15) is 0 Å². The number of hydrogen-bond donors (Lipinski definition) is 0. The Morgan fingerprint density at radius 3 is 2.04 bits per heavy atom. The number of benzene rings is 2. The van der Waals surface area contributed by atoms with Crippen LogP contribution in [0.4, 0.5) is 5.69 Å². The summed E-state index contributed by atoms with van der Waals surface area (Å²) in [6, 6.07) is 19.1. The lowest BCUT2D eigenvalue weighted by molar-refractivity contribution is -0.143. The molecule has 0 N–H and O–H groups in total. The predicted molar refractivity (Wildman–Crippen MR) is 89.9 cm³/mol. The Kier molecular flexibility index (Phi) is 4.71. The largest absolute Gasteiger partial charge is 0.334 e. The summed E-state index contributed by atoms with van der Waals surface area (Å²) in [6.45, 7) is 1.75. The molecule has 0 aromatic heterocycles. The Hall–Kier alpha value is -2.62. The highest BCUT2D eigenvalue weighted by atomic mass is 16.2. The van der Waals surface area contributed by atoms with E-state index in [2.05, 4.69) is 0 Å². The van der Waals surface area contributed by atoms with Crippen LogP contribution in [-0.4, -0.2) is 29.8 Å². The molecule has 0 spiro atoms. The van der Waals surface area contributed by atoms with Gasteiger partial charge in [0.25, 0.3) is 0 Å². The molecule has 0 bridgehead atoms. The first-order chi connectivity index (χ1) is 11.3. The van der Waals surface area contributed by atoms with Crippen LogP contribution in [0.15, 0.2) is 60.7 Å². The van der Waals surface area contributed by atoms with Crippen LogP contribution in [0.5, 0.6) is 0 Å². The molecule has 2 aromatic rings. The van der Waals surface area contributed by atoms with Crippen molar-refractivity contribution >= 4 is 17.5 Å². The summed E-state index contributed by atoms with van der Waals surface area (Å²) in [5.74, 6) is -0.857. The van der Waals surface area contributed by atoms with E-state index >= 15 is 0 Å². The second kappa shape index (κ2) is 7.09. The van der Waals surface area contributed by atoms with Crippen molar-refractivity contribution in [1.29, 1.82) is 0 Å². The normalized spacial score (nSPS) is 13.8. The molecule has 0 atom stereocenters. The molecule has 0 radical (unpaired) electrons. The zero-order chi connectivity index (χ0) is 16.1. The number of para-hydroxylation sites is 1. The van der Waals surface area contributed by atoms with E-state index in [1.807, 2.05) is 60.7 Å². The van der Waals surface area contributed by atoms with E-state index in [1.54, 1.807) is 9.80 Å². The van der Waals surface area contributed by atoms with Gasteiger partial charge >= 0.3 is 11.8 Å². The van der Waals surface area contributed by atoms with Gasteiger partial charge in [-0.1, -0.05) is 48.5 Å². The highest BCUT2D eigenvalue weighted by Gasteiger charge is 2.29. The van der Waals surface area contributed by atoms with Gasteiger partial charge < -0.3 is 4.90 Å². The molecule has 1 aliphatic heterocycles. The first-order valence-corrected chi connectivity index (χ1v) is 7.95. The molecule has 1 heterocycles. The molecule has 2 amide bonds. The molecule has 4 nitrogen and oxygen atoms in total. The molecule has 2 aromatic carbocycles. The molecule has 0 unspecified atom stereocenters. The Morgan fingerprint density at radius 1 is 0.870 bits per heavy atom. The van der Waals surface area contributed by atoms with Gasteiger partial charge in [0.1, 0.15) is 0 Å². The molecule has 4 heteroatoms. The van der Waals surface area contributed by atoms with Crippen molar-refractivity contribution in [3.05, 3.63) is 66.2 Å². The molecule has 118 valence electrons. The van der Waals surface area contributed by atoms with Crippen LogP contribution in [0.3, 0.4) is 0 Å². The molecule has 1 aliphatic rings. The maximum atomic E-state index is 12.8. The first-order valence-electron chi connectivity index (χ1n) is 7.95. The van der Waals surface area contributed by atoms with E-state index in [9.17, 15) is 9.59 Å². The minimum absolute atomic E-state index is 0.392. The maximum Gasteiger partial charge on any atom is 0.316 e. The smallest absolute Gasteiger partial charge is 0.316 e. The third kappa shape index (κ3) is 3.59. The van der Waals surface area contributed by atoms with Gasteiger partial charge in [0.05, 0.1) is 6.54 Å². The fourth-order valence-electron chi connectivity index (χ4n) is 2.83. The zero-order valence-electron chi connectivity index (χ0n) is 13.0. The number of anilines is 1. The van der Waals surface area contributed by atoms with Crippen molar-refractivity contribution in [2.45, 2.75) is 19.4 Å². The van der Waals surface area contributed by atoms with Gasteiger partial charge in [-0.3, -0.25) is 14.5 Å². The summed E-state index contributed by atoms with van der Waals surface area (Å²) in [5, 5.41) is 0. The molecule has 0 aliphatic carbocycles. The van der Waals surface area contributed by atoms with Crippen LogP contribution in [-0.2, 0) is 16.1 Å². The fraction of sp³-hybridized carbons (Fsp3) is 0.263. The van der Waals surface area contributed by atoms with Gasteiger partial charge in [-0.25, -0.2) is 0 Å². The van der Waals surface area contributed by atoms with Crippen LogP contribution in [0.1, 0.15) is 18.4 Å². The number of carbonyl (C=O) groups excluding carboxylic acids is 2. The van der Waals surface area contributed by atoms with E-state index in [-0.39, 0.29) is 0 Å². The molecular formula is C19H20N2O2. The van der Waals surface area contributed by atoms with E-state index in [0.717, 1.165) is 24.1 Å². The molecule has 23 heavy (non-hydrogen) atoms. The second-order valence-corrected chi connectivity index (χ2v) is 5.71. The number of amides is 2. The predicted octanol–water partition coefficient (Wildman–Crippen LogP) is 2.84. The standard InChI is InChI=1S/C19H20N2O2/c22-18(20-13-7-8-14-20)19(23)21(17-11-5-2-6-12-17)15-16-9-3-1-4-10-16/h1-6,9-12H,7-8,13-15H2. The summed E-state index contributed by atoms with van der Waals surface area (Å²) in [7, 11) is 0. The maximum absolute atomic E-state index is 12.8. The average Bonchev–Trinajstić information content (AvgIpc) is 3.15. The molecule has 1 saturated heterocycles. The van der Waals surface area contributed by atoms with E-state index in [4.69, 9.17) is 0 Å². The van der Waals surface area contributed by atoms with E-state index in [0.29, 0.717) is 19.6 Å². The van der Waals surface area contributed by atoms with Crippen molar-refractivity contribution < 1.29 is 9.59 Å². The highest BCUT2D eigenvalue weighted by Crippen LogP contribution is 2.19. The summed E-state index contributed by atoms with van der Waals surface area (Å²) < 4.78 is 0. The van der Waals surface area contributed by atoms with Crippen LogP contribution in [0.2, 0.25) is 0 Å². The lowest BCUT2D eigenvalue weighted by Crippen LogP contribution is -2.44.